The van der Waals surface area contributed by atoms with E-state index in [4.69, 9.17) is 0 Å². The number of nitrogens with one attached hydrogen (secondary N) is 2. The molecule has 2 rings (SSSR count). The summed E-state index contributed by atoms with van der Waals surface area (Å²) in [6.07, 6.45) is 0. The van der Waals surface area contributed by atoms with Crippen LogP contribution in [0, 0.1) is 28.4 Å². The Balaban J connectivity index is 2.45. The lowest BCUT2D eigenvalue weighted by molar-refractivity contribution is -0.384. The second-order valence-corrected chi connectivity index (χ2v) is 4.51. The predicted molar refractivity (Wildman–Crippen MR) is 81.8 cm³/mol. The molecule has 0 bridgehead atoms. The Kier molecular flexibility index (Phi) is 4.05. The number of nitro benzene ring substituents is 1. The van der Waals surface area contributed by atoms with Crippen molar-refractivity contribution in [2.75, 3.05) is 17.7 Å². The molecule has 0 aliphatic heterocycles. The van der Waals surface area contributed by atoms with Crippen molar-refractivity contribution in [3.63, 3.8) is 0 Å². The summed E-state index contributed by atoms with van der Waals surface area (Å²) in [7, 11) is 1.69. The van der Waals surface area contributed by atoms with Crippen molar-refractivity contribution in [3.05, 3.63) is 57.6 Å². The lowest BCUT2D eigenvalue weighted by Crippen LogP contribution is -1.99. The number of non-ortho nitro benzene ring substituents is 1. The van der Waals surface area contributed by atoms with Crippen LogP contribution in [0.1, 0.15) is 11.1 Å². The minimum atomic E-state index is -0.451. The van der Waals surface area contributed by atoms with Crippen LogP contribution in [0.15, 0.2) is 36.4 Å². The highest BCUT2D eigenvalue weighted by molar-refractivity contribution is 5.72. The lowest BCUT2D eigenvalue weighted by Gasteiger charge is -2.11. The largest absolute Gasteiger partial charge is 0.388 e. The summed E-state index contributed by atoms with van der Waals surface area (Å²) in [5.74, 6) is 0. The maximum Gasteiger partial charge on any atom is 0.273 e. The molecule has 0 amide bonds. The minimum absolute atomic E-state index is 0.0180. The van der Waals surface area contributed by atoms with Crippen LogP contribution in [0.25, 0.3) is 0 Å². The summed E-state index contributed by atoms with van der Waals surface area (Å²) >= 11 is 0. The first-order valence-corrected chi connectivity index (χ1v) is 6.29. The van der Waals surface area contributed by atoms with E-state index in [1.807, 2.05) is 19.1 Å². The maximum absolute atomic E-state index is 10.9. The number of aryl methyl sites for hydroxylation is 1. The number of benzene rings is 2. The van der Waals surface area contributed by atoms with Crippen LogP contribution >= 0.6 is 0 Å². The van der Waals surface area contributed by atoms with Crippen LogP contribution in [0.5, 0.6) is 0 Å². The zero-order chi connectivity index (χ0) is 15.4. The third-order valence-electron chi connectivity index (χ3n) is 3.08. The SMILES string of the molecule is CNc1cc(Nc2cccc(C)c2C#N)cc([N+](=O)[O-])c1. The van der Waals surface area contributed by atoms with E-state index in [9.17, 15) is 15.4 Å². The van der Waals surface area contributed by atoms with Gasteiger partial charge in [0.25, 0.3) is 5.69 Å². The van der Waals surface area contributed by atoms with Gasteiger partial charge in [-0.15, -0.1) is 0 Å². The smallest absolute Gasteiger partial charge is 0.273 e. The highest BCUT2D eigenvalue weighted by atomic mass is 16.6. The van der Waals surface area contributed by atoms with Gasteiger partial charge in [-0.05, 0) is 24.6 Å². The fourth-order valence-corrected chi connectivity index (χ4v) is 2.01. The van der Waals surface area contributed by atoms with E-state index in [0.717, 1.165) is 5.56 Å². The molecule has 0 spiro atoms. The Morgan fingerprint density at radius 1 is 1.24 bits per heavy atom. The van der Waals surface area contributed by atoms with Gasteiger partial charge >= 0.3 is 0 Å². The molecule has 0 saturated carbocycles. The van der Waals surface area contributed by atoms with E-state index in [-0.39, 0.29) is 5.69 Å². The first-order valence-electron chi connectivity index (χ1n) is 6.29. The number of anilines is 3. The van der Waals surface area contributed by atoms with Crippen molar-refractivity contribution >= 4 is 22.7 Å². The van der Waals surface area contributed by atoms with Crippen molar-refractivity contribution < 1.29 is 4.92 Å². The predicted octanol–water partition coefficient (Wildman–Crippen LogP) is 3.56. The molecule has 2 aromatic rings. The third-order valence-corrected chi connectivity index (χ3v) is 3.08. The van der Waals surface area contributed by atoms with E-state index in [0.29, 0.717) is 22.6 Å². The summed E-state index contributed by atoms with van der Waals surface area (Å²) in [5, 5.41) is 26.1. The van der Waals surface area contributed by atoms with E-state index < -0.39 is 4.92 Å². The molecule has 0 fully saturated rings. The van der Waals surface area contributed by atoms with Gasteiger partial charge in [0.15, 0.2) is 0 Å². The Morgan fingerprint density at radius 3 is 2.57 bits per heavy atom. The normalized spacial score (nSPS) is 9.76. The van der Waals surface area contributed by atoms with Gasteiger partial charge in [-0.1, -0.05) is 12.1 Å². The van der Waals surface area contributed by atoms with Gasteiger partial charge in [0, 0.05) is 30.6 Å². The van der Waals surface area contributed by atoms with Gasteiger partial charge in [0.2, 0.25) is 0 Å². The zero-order valence-corrected chi connectivity index (χ0v) is 11.7. The van der Waals surface area contributed by atoms with Crippen molar-refractivity contribution in [2.24, 2.45) is 0 Å². The molecular formula is C15H14N4O2. The van der Waals surface area contributed by atoms with Gasteiger partial charge in [-0.25, -0.2) is 0 Å². The minimum Gasteiger partial charge on any atom is -0.388 e. The second-order valence-electron chi connectivity index (χ2n) is 4.51. The number of hydrogen-bond acceptors (Lipinski definition) is 5. The fourth-order valence-electron chi connectivity index (χ4n) is 2.01. The molecule has 0 aromatic heterocycles. The first-order chi connectivity index (χ1) is 10.0. The molecule has 0 unspecified atom stereocenters. The molecule has 0 saturated heterocycles. The number of nitro groups is 1. The lowest BCUT2D eigenvalue weighted by atomic mass is 10.1. The highest BCUT2D eigenvalue weighted by Gasteiger charge is 2.11. The van der Waals surface area contributed by atoms with E-state index in [1.165, 1.54) is 12.1 Å². The van der Waals surface area contributed by atoms with Gasteiger partial charge < -0.3 is 10.6 Å². The number of rotatable bonds is 4. The van der Waals surface area contributed by atoms with Crippen LogP contribution < -0.4 is 10.6 Å². The highest BCUT2D eigenvalue weighted by Crippen LogP contribution is 2.28. The van der Waals surface area contributed by atoms with Gasteiger partial charge in [-0.3, -0.25) is 10.1 Å². The van der Waals surface area contributed by atoms with Gasteiger partial charge in [-0.2, -0.15) is 5.26 Å². The quantitative estimate of drug-likeness (QED) is 0.661. The summed E-state index contributed by atoms with van der Waals surface area (Å²) < 4.78 is 0. The third kappa shape index (κ3) is 3.09. The maximum atomic E-state index is 10.9. The molecule has 6 nitrogen and oxygen atoms in total. The summed E-state index contributed by atoms with van der Waals surface area (Å²) in [6, 6.07) is 12.2. The van der Waals surface area contributed by atoms with Crippen molar-refractivity contribution in [2.45, 2.75) is 6.92 Å². The summed E-state index contributed by atoms with van der Waals surface area (Å²) in [6.45, 7) is 1.84. The van der Waals surface area contributed by atoms with E-state index in [1.54, 1.807) is 19.2 Å². The molecule has 6 heteroatoms. The Labute approximate surface area is 122 Å². The van der Waals surface area contributed by atoms with Crippen LogP contribution in [0.2, 0.25) is 0 Å². The Hall–Kier alpha value is -3.07. The molecule has 0 heterocycles. The molecule has 106 valence electrons. The van der Waals surface area contributed by atoms with Crippen molar-refractivity contribution in [3.8, 4) is 6.07 Å². The number of hydrogen-bond donors (Lipinski definition) is 2. The zero-order valence-electron chi connectivity index (χ0n) is 11.7. The molecule has 2 aromatic carbocycles. The molecular weight excluding hydrogens is 268 g/mol. The van der Waals surface area contributed by atoms with Crippen molar-refractivity contribution in [1.29, 1.82) is 5.26 Å². The van der Waals surface area contributed by atoms with Crippen LogP contribution in [0.3, 0.4) is 0 Å². The molecule has 21 heavy (non-hydrogen) atoms. The van der Waals surface area contributed by atoms with Gasteiger partial charge in [0.05, 0.1) is 16.2 Å². The summed E-state index contributed by atoms with van der Waals surface area (Å²) in [5.41, 5.74) is 3.15. The molecule has 0 radical (unpaired) electrons. The second kappa shape index (κ2) is 5.92. The number of nitriles is 1. The average molecular weight is 282 g/mol. The van der Waals surface area contributed by atoms with Crippen LogP contribution in [-0.4, -0.2) is 12.0 Å². The molecule has 0 aliphatic carbocycles. The molecule has 2 N–H and O–H groups in total. The Morgan fingerprint density at radius 2 is 1.95 bits per heavy atom. The van der Waals surface area contributed by atoms with E-state index >= 15 is 0 Å². The first kappa shape index (κ1) is 14.3. The monoisotopic (exact) mass is 282 g/mol. The van der Waals surface area contributed by atoms with Gasteiger partial charge in [0.1, 0.15) is 6.07 Å². The Bertz CT molecular complexity index is 735. The number of nitrogens with zero attached hydrogens (tertiary/aromatic N) is 2. The standard InChI is InChI=1S/C15H14N4O2/c1-10-4-3-5-15(14(10)9-16)18-12-6-11(17-2)7-13(8-12)19(20)21/h3-8,17-18H,1-2H3. The van der Waals surface area contributed by atoms with Crippen LogP contribution in [-0.2, 0) is 0 Å². The molecule has 0 atom stereocenters. The summed E-state index contributed by atoms with van der Waals surface area (Å²) in [4.78, 5) is 10.5. The topological polar surface area (TPSA) is 91.0 Å². The molecule has 0 aliphatic rings. The fraction of sp³-hybridized carbons (Fsp3) is 0.133. The van der Waals surface area contributed by atoms with Crippen molar-refractivity contribution in [1.82, 2.24) is 0 Å². The van der Waals surface area contributed by atoms with Crippen LogP contribution in [0.4, 0.5) is 22.7 Å². The average Bonchev–Trinajstić information content (AvgIpc) is 2.47. The van der Waals surface area contributed by atoms with E-state index in [2.05, 4.69) is 16.7 Å².